The van der Waals surface area contributed by atoms with E-state index in [2.05, 4.69) is 10.1 Å². The van der Waals surface area contributed by atoms with Gasteiger partial charge in [-0.2, -0.15) is 8.78 Å². The van der Waals surface area contributed by atoms with Crippen molar-refractivity contribution in [2.75, 3.05) is 24.7 Å². The molecule has 2 rings (SSSR count). The van der Waals surface area contributed by atoms with Crippen molar-refractivity contribution in [1.82, 2.24) is 5.32 Å². The first-order chi connectivity index (χ1) is 12.7. The third-order valence-electron chi connectivity index (χ3n) is 4.03. The normalized spacial score (nSPS) is 18.3. The predicted octanol–water partition coefficient (Wildman–Crippen LogP) is 1.31. The van der Waals surface area contributed by atoms with E-state index in [0.717, 1.165) is 5.56 Å². The summed E-state index contributed by atoms with van der Waals surface area (Å²) in [6, 6.07) is 6.04. The van der Waals surface area contributed by atoms with Crippen molar-refractivity contribution >= 4 is 21.7 Å². The van der Waals surface area contributed by atoms with Gasteiger partial charge in [0.15, 0.2) is 16.4 Å². The smallest absolute Gasteiger partial charge is 0.387 e. The number of halogens is 2. The van der Waals surface area contributed by atoms with E-state index in [1.165, 1.54) is 12.1 Å². The van der Waals surface area contributed by atoms with E-state index in [1.54, 1.807) is 12.1 Å². The zero-order chi connectivity index (χ0) is 19.9. The van der Waals surface area contributed by atoms with Crippen LogP contribution < -0.4 is 10.1 Å². The van der Waals surface area contributed by atoms with E-state index in [9.17, 15) is 26.8 Å². The zero-order valence-electron chi connectivity index (χ0n) is 14.5. The number of carbonyl (C=O) groups is 2. The SMILES string of the molecule is O=C(COC(=O)C[C@H]1CCS(=O)(=O)C1)NCCc1ccc(OC(F)F)cc1. The molecule has 1 aliphatic rings. The maximum atomic E-state index is 12.1. The van der Waals surface area contributed by atoms with Crippen LogP contribution in [0.25, 0.3) is 0 Å². The van der Waals surface area contributed by atoms with Gasteiger partial charge in [-0.1, -0.05) is 12.1 Å². The third-order valence-corrected chi connectivity index (χ3v) is 5.87. The summed E-state index contributed by atoms with van der Waals surface area (Å²) in [7, 11) is -3.05. The Morgan fingerprint density at radius 2 is 1.93 bits per heavy atom. The molecule has 10 heteroatoms. The number of esters is 1. The molecule has 150 valence electrons. The van der Waals surface area contributed by atoms with Crippen molar-refractivity contribution in [3.8, 4) is 5.75 Å². The lowest BCUT2D eigenvalue weighted by atomic mass is 10.1. The van der Waals surface area contributed by atoms with Crippen LogP contribution in [-0.2, 0) is 30.6 Å². The minimum atomic E-state index is -3.05. The Hall–Kier alpha value is -2.23. The molecule has 0 unspecified atom stereocenters. The van der Waals surface area contributed by atoms with Gasteiger partial charge in [0.25, 0.3) is 5.91 Å². The van der Waals surface area contributed by atoms with E-state index in [1.807, 2.05) is 0 Å². The number of benzene rings is 1. The number of amides is 1. The van der Waals surface area contributed by atoms with Crippen molar-refractivity contribution in [3.63, 3.8) is 0 Å². The molecule has 1 aliphatic heterocycles. The largest absolute Gasteiger partial charge is 0.456 e. The second-order valence-corrected chi connectivity index (χ2v) is 8.48. The quantitative estimate of drug-likeness (QED) is 0.622. The molecule has 7 nitrogen and oxygen atoms in total. The summed E-state index contributed by atoms with van der Waals surface area (Å²) in [5.74, 6) is -1.19. The van der Waals surface area contributed by atoms with Crippen LogP contribution in [0.15, 0.2) is 24.3 Å². The van der Waals surface area contributed by atoms with Crippen molar-refractivity contribution in [2.45, 2.75) is 25.9 Å². The lowest BCUT2D eigenvalue weighted by molar-refractivity contribution is -0.149. The number of alkyl halides is 2. The van der Waals surface area contributed by atoms with Crippen molar-refractivity contribution < 1.29 is 36.3 Å². The van der Waals surface area contributed by atoms with Gasteiger partial charge >= 0.3 is 12.6 Å². The molecule has 1 atom stereocenters. The Bertz CT molecular complexity index is 751. The number of hydrogen-bond donors (Lipinski definition) is 1. The number of carbonyl (C=O) groups excluding carboxylic acids is 2. The molecule has 1 aromatic carbocycles. The molecule has 0 saturated carbocycles. The molecular weight excluding hydrogens is 384 g/mol. The lowest BCUT2D eigenvalue weighted by Crippen LogP contribution is -2.30. The number of ether oxygens (including phenoxy) is 2. The number of rotatable bonds is 9. The molecule has 0 radical (unpaired) electrons. The Morgan fingerprint density at radius 1 is 1.22 bits per heavy atom. The zero-order valence-corrected chi connectivity index (χ0v) is 15.3. The van der Waals surface area contributed by atoms with E-state index in [0.29, 0.717) is 12.8 Å². The summed E-state index contributed by atoms with van der Waals surface area (Å²) >= 11 is 0. The van der Waals surface area contributed by atoms with Crippen LogP contribution >= 0.6 is 0 Å². The van der Waals surface area contributed by atoms with Crippen LogP contribution in [0.5, 0.6) is 5.75 Å². The molecular formula is C17H21F2NO6S. The Kier molecular flexibility index (Phi) is 7.52. The van der Waals surface area contributed by atoms with Gasteiger partial charge in [0.1, 0.15) is 5.75 Å². The number of nitrogens with one attached hydrogen (secondary N) is 1. The summed E-state index contributed by atoms with van der Waals surface area (Å²) in [6.45, 7) is -3.03. The second kappa shape index (κ2) is 9.63. The summed E-state index contributed by atoms with van der Waals surface area (Å²) in [5.41, 5.74) is 0.816. The van der Waals surface area contributed by atoms with Crippen molar-refractivity contribution in [3.05, 3.63) is 29.8 Å². The van der Waals surface area contributed by atoms with Gasteiger partial charge in [-0.25, -0.2) is 8.42 Å². The van der Waals surface area contributed by atoms with Gasteiger partial charge in [-0.15, -0.1) is 0 Å². The Morgan fingerprint density at radius 3 is 2.52 bits per heavy atom. The molecule has 1 heterocycles. The summed E-state index contributed by atoms with van der Waals surface area (Å²) < 4.78 is 55.9. The maximum Gasteiger partial charge on any atom is 0.387 e. The first-order valence-corrected chi connectivity index (χ1v) is 10.2. The van der Waals surface area contributed by atoms with Crippen LogP contribution in [0, 0.1) is 5.92 Å². The van der Waals surface area contributed by atoms with Crippen LogP contribution in [0.3, 0.4) is 0 Å². The van der Waals surface area contributed by atoms with Gasteiger partial charge in [-0.05, 0) is 36.5 Å². The highest BCUT2D eigenvalue weighted by atomic mass is 32.2. The fraction of sp³-hybridized carbons (Fsp3) is 0.529. The maximum absolute atomic E-state index is 12.1. The molecule has 1 fully saturated rings. The van der Waals surface area contributed by atoms with Crippen LogP contribution in [-0.4, -0.2) is 51.6 Å². The van der Waals surface area contributed by atoms with E-state index >= 15 is 0 Å². The minimum absolute atomic E-state index is 0.0143. The molecule has 27 heavy (non-hydrogen) atoms. The molecule has 1 aromatic rings. The number of hydrogen-bond acceptors (Lipinski definition) is 6. The molecule has 1 N–H and O–H groups in total. The number of sulfone groups is 1. The fourth-order valence-electron chi connectivity index (χ4n) is 2.71. The molecule has 0 aliphatic carbocycles. The average Bonchev–Trinajstić information content (AvgIpc) is 2.92. The molecule has 0 bridgehead atoms. The summed E-state index contributed by atoms with van der Waals surface area (Å²) in [6.07, 6.45) is 0.888. The van der Waals surface area contributed by atoms with Crippen LogP contribution in [0.1, 0.15) is 18.4 Å². The van der Waals surface area contributed by atoms with E-state index in [-0.39, 0.29) is 36.1 Å². The minimum Gasteiger partial charge on any atom is -0.456 e. The van der Waals surface area contributed by atoms with Gasteiger partial charge in [0.05, 0.1) is 11.5 Å². The monoisotopic (exact) mass is 405 g/mol. The highest BCUT2D eigenvalue weighted by Crippen LogP contribution is 2.21. The average molecular weight is 405 g/mol. The van der Waals surface area contributed by atoms with Gasteiger partial charge in [0.2, 0.25) is 0 Å². The van der Waals surface area contributed by atoms with Crippen molar-refractivity contribution in [1.29, 1.82) is 0 Å². The molecule has 0 aromatic heterocycles. The standard InChI is InChI=1S/C17H21F2NO6S/c18-17(19)26-14-3-1-12(2-4-14)5-7-20-15(21)10-25-16(22)9-13-6-8-27(23,24)11-13/h1-4,13,17H,5-11H2,(H,20,21)/t13-/m1/s1. The molecule has 0 spiro atoms. The van der Waals surface area contributed by atoms with Crippen LogP contribution in [0.4, 0.5) is 8.78 Å². The predicted molar refractivity (Wildman–Crippen MR) is 92.1 cm³/mol. The lowest BCUT2D eigenvalue weighted by Gasteiger charge is -2.09. The Labute approximate surface area is 155 Å². The highest BCUT2D eigenvalue weighted by Gasteiger charge is 2.29. The molecule has 1 amide bonds. The molecule has 1 saturated heterocycles. The topological polar surface area (TPSA) is 98.8 Å². The summed E-state index contributed by atoms with van der Waals surface area (Å²) in [4.78, 5) is 23.3. The summed E-state index contributed by atoms with van der Waals surface area (Å²) in [5, 5.41) is 2.58. The van der Waals surface area contributed by atoms with Gasteiger partial charge < -0.3 is 14.8 Å². The fourth-order valence-corrected chi connectivity index (χ4v) is 4.57. The van der Waals surface area contributed by atoms with E-state index < -0.39 is 34.9 Å². The van der Waals surface area contributed by atoms with Gasteiger partial charge in [-0.3, -0.25) is 9.59 Å². The third kappa shape index (κ3) is 7.90. The van der Waals surface area contributed by atoms with Crippen LogP contribution in [0.2, 0.25) is 0 Å². The Balaban J connectivity index is 1.61. The van der Waals surface area contributed by atoms with Gasteiger partial charge in [0, 0.05) is 13.0 Å². The first kappa shape index (κ1) is 21.1. The second-order valence-electron chi connectivity index (χ2n) is 6.26. The highest BCUT2D eigenvalue weighted by molar-refractivity contribution is 7.91. The van der Waals surface area contributed by atoms with E-state index in [4.69, 9.17) is 4.74 Å². The first-order valence-electron chi connectivity index (χ1n) is 8.40. The van der Waals surface area contributed by atoms with Crippen molar-refractivity contribution in [2.24, 2.45) is 5.92 Å².